The monoisotopic (exact) mass is 417 g/mol. The van der Waals surface area contributed by atoms with Gasteiger partial charge in [-0.15, -0.1) is 0 Å². The Bertz CT molecular complexity index is 715. The van der Waals surface area contributed by atoms with Crippen molar-refractivity contribution in [2.75, 3.05) is 13.2 Å². The molecule has 2 heterocycles. The second-order valence-electron chi connectivity index (χ2n) is 10.1. The van der Waals surface area contributed by atoms with E-state index in [9.17, 15) is 4.79 Å². The Morgan fingerprint density at radius 3 is 2.57 bits per heavy atom. The predicted octanol–water partition coefficient (Wildman–Crippen LogP) is 4.15. The van der Waals surface area contributed by atoms with Crippen LogP contribution in [0.25, 0.3) is 0 Å². The summed E-state index contributed by atoms with van der Waals surface area (Å²) in [7, 11) is -0.362. The Morgan fingerprint density at radius 2 is 1.93 bits per heavy atom. The zero-order valence-electron chi connectivity index (χ0n) is 19.3. The predicted molar refractivity (Wildman–Crippen MR) is 118 cm³/mol. The second kappa shape index (κ2) is 9.19. The van der Waals surface area contributed by atoms with E-state index in [4.69, 9.17) is 18.8 Å². The zero-order valence-corrected chi connectivity index (χ0v) is 19.3. The Balaban J connectivity index is 1.58. The van der Waals surface area contributed by atoms with Gasteiger partial charge >= 0.3 is 13.2 Å². The van der Waals surface area contributed by atoms with Crippen LogP contribution in [-0.4, -0.2) is 54.6 Å². The topological polar surface area (TPSA) is 57.2 Å². The Morgan fingerprint density at radius 1 is 1.23 bits per heavy atom. The molecule has 1 aromatic rings. The Labute approximate surface area is 181 Å². The largest absolute Gasteiger partial charge is 0.494 e. The molecule has 0 saturated carbocycles. The fraction of sp³-hybridized carbons (Fsp3) is 0.696. The lowest BCUT2D eigenvalue weighted by molar-refractivity contribution is -0.0230. The van der Waals surface area contributed by atoms with E-state index < -0.39 is 5.60 Å². The first kappa shape index (κ1) is 22.9. The highest BCUT2D eigenvalue weighted by molar-refractivity contribution is 6.61. The van der Waals surface area contributed by atoms with Crippen molar-refractivity contribution < 1.29 is 23.6 Å². The zero-order chi connectivity index (χ0) is 21.9. The minimum absolute atomic E-state index is 0.0277. The van der Waals surface area contributed by atoms with E-state index in [1.165, 1.54) is 0 Å². The average molecular weight is 417 g/mol. The molecule has 2 aliphatic heterocycles. The van der Waals surface area contributed by atoms with Gasteiger partial charge in [-0.1, -0.05) is 12.1 Å². The first-order valence-electron chi connectivity index (χ1n) is 11.1. The van der Waals surface area contributed by atoms with Crippen molar-refractivity contribution in [2.45, 2.75) is 90.6 Å². The van der Waals surface area contributed by atoms with Gasteiger partial charge in [0.1, 0.15) is 18.0 Å². The van der Waals surface area contributed by atoms with Crippen molar-refractivity contribution in [1.29, 1.82) is 0 Å². The number of benzene rings is 1. The van der Waals surface area contributed by atoms with Crippen LogP contribution in [-0.2, 0) is 14.0 Å². The molecule has 0 aromatic heterocycles. The van der Waals surface area contributed by atoms with Crippen LogP contribution in [0.5, 0.6) is 5.75 Å². The highest BCUT2D eigenvalue weighted by Crippen LogP contribution is 2.26. The van der Waals surface area contributed by atoms with Gasteiger partial charge in [0.15, 0.2) is 0 Å². The summed E-state index contributed by atoms with van der Waals surface area (Å²) in [4.78, 5) is 14.4. The molecule has 2 aliphatic rings. The van der Waals surface area contributed by atoms with E-state index in [0.29, 0.717) is 13.2 Å². The lowest BCUT2D eigenvalue weighted by atomic mass is 9.75. The van der Waals surface area contributed by atoms with E-state index in [-0.39, 0.29) is 31.0 Å². The van der Waals surface area contributed by atoms with Crippen molar-refractivity contribution in [3.63, 3.8) is 0 Å². The Kier molecular flexibility index (Phi) is 7.03. The maximum absolute atomic E-state index is 12.6. The van der Waals surface area contributed by atoms with E-state index in [1.807, 2.05) is 49.9 Å². The first-order valence-corrected chi connectivity index (χ1v) is 11.1. The minimum Gasteiger partial charge on any atom is -0.491 e. The third-order valence-corrected chi connectivity index (χ3v) is 5.41. The molecule has 1 amide bonds. The fourth-order valence-electron chi connectivity index (χ4n) is 4.11. The van der Waals surface area contributed by atoms with Gasteiger partial charge in [0.25, 0.3) is 0 Å². The van der Waals surface area contributed by atoms with Crippen molar-refractivity contribution in [1.82, 2.24) is 4.90 Å². The number of amides is 1. The van der Waals surface area contributed by atoms with Gasteiger partial charge in [-0.05, 0) is 84.8 Å². The Hall–Kier alpha value is -1.73. The molecule has 1 aromatic carbocycles. The van der Waals surface area contributed by atoms with Gasteiger partial charge in [0.2, 0.25) is 0 Å². The van der Waals surface area contributed by atoms with Crippen molar-refractivity contribution in [2.24, 2.45) is 0 Å². The molecule has 2 saturated heterocycles. The molecule has 0 radical (unpaired) electrons. The van der Waals surface area contributed by atoms with Crippen LogP contribution in [0.2, 0.25) is 0 Å². The normalized spacial score (nSPS) is 24.5. The number of likely N-dealkylation sites (tertiary alicyclic amines) is 1. The summed E-state index contributed by atoms with van der Waals surface area (Å²) in [6.45, 7) is 13.1. The number of ether oxygens (including phenoxy) is 2. The molecule has 6 nitrogen and oxygen atoms in total. The summed E-state index contributed by atoms with van der Waals surface area (Å²) in [6.07, 6.45) is 3.79. The average Bonchev–Trinajstić information content (AvgIpc) is 2.64. The summed E-state index contributed by atoms with van der Waals surface area (Å²) in [5, 5.41) is 0. The summed E-state index contributed by atoms with van der Waals surface area (Å²) >= 11 is 0. The van der Waals surface area contributed by atoms with Gasteiger partial charge in [-0.25, -0.2) is 4.79 Å². The van der Waals surface area contributed by atoms with E-state index in [2.05, 4.69) is 20.8 Å². The van der Waals surface area contributed by atoms with Crippen molar-refractivity contribution >= 4 is 18.7 Å². The van der Waals surface area contributed by atoms with Crippen molar-refractivity contribution in [3.05, 3.63) is 24.3 Å². The first-order chi connectivity index (χ1) is 14.0. The molecular weight excluding hydrogens is 381 g/mol. The van der Waals surface area contributed by atoms with Crippen molar-refractivity contribution in [3.8, 4) is 5.75 Å². The smallest absolute Gasteiger partial charge is 0.491 e. The number of nitrogens with zero attached hydrogens (tertiary/aromatic N) is 1. The third-order valence-electron chi connectivity index (χ3n) is 5.41. The van der Waals surface area contributed by atoms with E-state index >= 15 is 0 Å². The van der Waals surface area contributed by atoms with Crippen LogP contribution >= 0.6 is 0 Å². The molecule has 166 valence electrons. The number of carbonyl (C=O) groups excluding carboxylic acids is 1. The second-order valence-corrected chi connectivity index (χ2v) is 10.1. The maximum atomic E-state index is 12.6. The number of hydrogen-bond acceptors (Lipinski definition) is 5. The highest BCUT2D eigenvalue weighted by atomic mass is 16.6. The van der Waals surface area contributed by atoms with Gasteiger partial charge in [0, 0.05) is 12.6 Å². The molecule has 0 unspecified atom stereocenters. The van der Waals surface area contributed by atoms with Crippen LogP contribution in [0.3, 0.4) is 0 Å². The molecule has 0 spiro atoms. The molecule has 2 atom stereocenters. The molecule has 7 heteroatoms. The highest BCUT2D eigenvalue weighted by Gasteiger charge is 2.38. The van der Waals surface area contributed by atoms with Crippen LogP contribution < -0.4 is 10.2 Å². The third kappa shape index (κ3) is 6.38. The standard InChI is InChI=1S/C23H36BNO5/c1-17-15-23(5,6)30-24(29-17)18-10-12-20(13-11-18)27-16-19-9-7-8-14-25(19)21(26)28-22(2,3)4/h10-13,17,19H,7-9,14-16H2,1-6H3/t17-,19+/m1/s1. The molecule has 0 bridgehead atoms. The summed E-state index contributed by atoms with van der Waals surface area (Å²) in [5.74, 6) is 0.775. The molecule has 0 N–H and O–H groups in total. The van der Waals surface area contributed by atoms with Crippen LogP contribution in [0.4, 0.5) is 4.79 Å². The molecule has 30 heavy (non-hydrogen) atoms. The van der Waals surface area contributed by atoms with Gasteiger partial charge in [-0.2, -0.15) is 0 Å². The quantitative estimate of drug-likeness (QED) is 0.689. The SMILES string of the molecule is C[C@@H]1CC(C)(C)OB(c2ccc(OC[C@@H]3CCCCN3C(=O)OC(C)(C)C)cc2)O1. The van der Waals surface area contributed by atoms with Gasteiger partial charge in [-0.3, -0.25) is 0 Å². The van der Waals surface area contributed by atoms with Crippen LogP contribution in [0, 0.1) is 0 Å². The minimum atomic E-state index is -0.495. The van der Waals surface area contributed by atoms with Crippen LogP contribution in [0.15, 0.2) is 24.3 Å². The fourth-order valence-corrected chi connectivity index (χ4v) is 4.11. The number of rotatable bonds is 4. The number of carbonyl (C=O) groups is 1. The van der Waals surface area contributed by atoms with Gasteiger partial charge in [0.05, 0.1) is 11.6 Å². The summed E-state index contributed by atoms with van der Waals surface area (Å²) in [6, 6.07) is 7.88. The van der Waals surface area contributed by atoms with E-state index in [0.717, 1.165) is 36.9 Å². The lowest BCUT2D eigenvalue weighted by Gasteiger charge is -2.38. The van der Waals surface area contributed by atoms with Gasteiger partial charge < -0.3 is 23.7 Å². The summed E-state index contributed by atoms with van der Waals surface area (Å²) in [5.41, 5.74) is 0.282. The molecular formula is C23H36BNO5. The molecule has 0 aliphatic carbocycles. The number of piperidine rings is 1. The van der Waals surface area contributed by atoms with E-state index in [1.54, 1.807) is 0 Å². The summed E-state index contributed by atoms with van der Waals surface area (Å²) < 4.78 is 23.6. The number of hydrogen-bond donors (Lipinski definition) is 0. The molecule has 2 fully saturated rings. The lowest BCUT2D eigenvalue weighted by Crippen LogP contribution is -2.51. The molecule has 3 rings (SSSR count). The van der Waals surface area contributed by atoms with Crippen LogP contribution in [0.1, 0.15) is 67.2 Å². The maximum Gasteiger partial charge on any atom is 0.494 e.